The maximum absolute atomic E-state index is 9.98. The summed E-state index contributed by atoms with van der Waals surface area (Å²) in [4.78, 5) is 0. The van der Waals surface area contributed by atoms with Crippen LogP contribution in [0.5, 0.6) is 5.75 Å². The van der Waals surface area contributed by atoms with E-state index in [1.165, 1.54) is 5.56 Å². The van der Waals surface area contributed by atoms with Gasteiger partial charge >= 0.3 is 0 Å². The van der Waals surface area contributed by atoms with Gasteiger partial charge < -0.3 is 9.84 Å². The number of methoxy groups -OCH3 is 1. The van der Waals surface area contributed by atoms with E-state index < -0.39 is 5.60 Å². The molecule has 0 radical (unpaired) electrons. The van der Waals surface area contributed by atoms with Crippen molar-refractivity contribution in [2.75, 3.05) is 7.11 Å². The number of benzene rings is 1. The Kier molecular flexibility index (Phi) is 2.94. The molecule has 1 aromatic carbocycles. The molecule has 0 atom stereocenters. The molecule has 0 bridgehead atoms. The highest BCUT2D eigenvalue weighted by molar-refractivity contribution is 5.44. The first-order chi connectivity index (χ1) is 7.56. The Morgan fingerprint density at radius 2 is 2.06 bits per heavy atom. The van der Waals surface area contributed by atoms with E-state index >= 15 is 0 Å². The van der Waals surface area contributed by atoms with Gasteiger partial charge in [0.1, 0.15) is 5.75 Å². The lowest BCUT2D eigenvalue weighted by molar-refractivity contribution is 0.150. The summed E-state index contributed by atoms with van der Waals surface area (Å²) >= 11 is 0. The molecule has 1 aliphatic rings. The fraction of sp³-hybridized carbons (Fsp3) is 0.571. The lowest BCUT2D eigenvalue weighted by Crippen LogP contribution is -2.12. The Hall–Kier alpha value is -1.02. The van der Waals surface area contributed by atoms with Crippen LogP contribution in [0, 0.1) is 0 Å². The predicted molar refractivity (Wildman–Crippen MR) is 65.0 cm³/mol. The Morgan fingerprint density at radius 3 is 2.56 bits per heavy atom. The molecular formula is C14H20O2. The van der Waals surface area contributed by atoms with E-state index in [4.69, 9.17) is 4.74 Å². The van der Waals surface area contributed by atoms with E-state index in [1.807, 2.05) is 0 Å². The highest BCUT2D eigenvalue weighted by Gasteiger charge is 2.40. The Balaban J connectivity index is 2.32. The molecule has 0 aromatic heterocycles. The molecule has 16 heavy (non-hydrogen) atoms. The number of aliphatic hydroxyl groups is 1. The first-order valence-corrected chi connectivity index (χ1v) is 5.94. The van der Waals surface area contributed by atoms with Gasteiger partial charge in [0, 0.05) is 6.42 Å². The Bertz CT molecular complexity index is 378. The van der Waals surface area contributed by atoms with Crippen LogP contribution in [-0.2, 0) is 6.42 Å². The van der Waals surface area contributed by atoms with E-state index in [0.717, 1.165) is 30.6 Å². The highest BCUT2D eigenvalue weighted by Crippen LogP contribution is 2.41. The average molecular weight is 220 g/mol. The third kappa shape index (κ3) is 2.22. The van der Waals surface area contributed by atoms with Gasteiger partial charge in [-0.15, -0.1) is 0 Å². The van der Waals surface area contributed by atoms with E-state index in [1.54, 1.807) is 7.11 Å². The molecule has 1 aliphatic carbocycles. The second-order valence-electron chi connectivity index (χ2n) is 5.10. The van der Waals surface area contributed by atoms with Gasteiger partial charge in [0.25, 0.3) is 0 Å². The van der Waals surface area contributed by atoms with Crippen molar-refractivity contribution in [2.24, 2.45) is 0 Å². The number of rotatable bonds is 4. The van der Waals surface area contributed by atoms with E-state index in [2.05, 4.69) is 32.0 Å². The smallest absolute Gasteiger partial charge is 0.125 e. The van der Waals surface area contributed by atoms with Crippen molar-refractivity contribution in [2.45, 2.75) is 44.6 Å². The molecular weight excluding hydrogens is 200 g/mol. The lowest BCUT2D eigenvalue weighted by Gasteiger charge is -2.17. The average Bonchev–Trinajstić information content (AvgIpc) is 2.95. The van der Waals surface area contributed by atoms with Crippen molar-refractivity contribution >= 4 is 0 Å². The number of hydrogen-bond acceptors (Lipinski definition) is 2. The zero-order valence-electron chi connectivity index (χ0n) is 10.3. The minimum Gasteiger partial charge on any atom is -0.496 e. The van der Waals surface area contributed by atoms with Crippen LogP contribution in [0.15, 0.2) is 18.2 Å². The summed E-state index contributed by atoms with van der Waals surface area (Å²) in [6.07, 6.45) is 2.56. The van der Waals surface area contributed by atoms with Crippen LogP contribution in [0.3, 0.4) is 0 Å². The quantitative estimate of drug-likeness (QED) is 0.845. The molecule has 2 heteroatoms. The van der Waals surface area contributed by atoms with E-state index in [-0.39, 0.29) is 0 Å². The number of para-hydroxylation sites is 1. The van der Waals surface area contributed by atoms with Crippen LogP contribution in [0.2, 0.25) is 0 Å². The molecule has 0 heterocycles. The van der Waals surface area contributed by atoms with Gasteiger partial charge in [-0.2, -0.15) is 0 Å². The van der Waals surface area contributed by atoms with Crippen LogP contribution in [0.1, 0.15) is 43.7 Å². The summed E-state index contributed by atoms with van der Waals surface area (Å²) in [6, 6.07) is 6.21. The standard InChI is InChI=1S/C14H20O2/c1-10(2)12-6-4-5-11(13(12)16-3)9-14(15)7-8-14/h4-6,10,15H,7-9H2,1-3H3. The molecule has 1 aromatic rings. The predicted octanol–water partition coefficient (Wildman–Crippen LogP) is 2.89. The highest BCUT2D eigenvalue weighted by atomic mass is 16.5. The number of ether oxygens (including phenoxy) is 1. The summed E-state index contributed by atoms with van der Waals surface area (Å²) in [5.74, 6) is 1.40. The summed E-state index contributed by atoms with van der Waals surface area (Å²) < 4.78 is 5.50. The van der Waals surface area contributed by atoms with Gasteiger partial charge in [0.15, 0.2) is 0 Å². The van der Waals surface area contributed by atoms with E-state index in [9.17, 15) is 5.11 Å². The molecule has 0 spiro atoms. The van der Waals surface area contributed by atoms with Gasteiger partial charge in [-0.25, -0.2) is 0 Å². The third-order valence-corrected chi connectivity index (χ3v) is 3.30. The van der Waals surface area contributed by atoms with Crippen LogP contribution in [-0.4, -0.2) is 17.8 Å². The monoisotopic (exact) mass is 220 g/mol. The maximum atomic E-state index is 9.98. The van der Waals surface area contributed by atoms with Gasteiger partial charge in [0.2, 0.25) is 0 Å². The third-order valence-electron chi connectivity index (χ3n) is 3.30. The summed E-state index contributed by atoms with van der Waals surface area (Å²) in [5.41, 5.74) is 1.90. The Morgan fingerprint density at radius 1 is 1.38 bits per heavy atom. The topological polar surface area (TPSA) is 29.5 Å². The van der Waals surface area contributed by atoms with Gasteiger partial charge in [-0.1, -0.05) is 32.0 Å². The van der Waals surface area contributed by atoms with Crippen molar-refractivity contribution in [1.29, 1.82) is 0 Å². The van der Waals surface area contributed by atoms with Crippen LogP contribution >= 0.6 is 0 Å². The molecule has 0 saturated heterocycles. The molecule has 0 unspecified atom stereocenters. The summed E-state index contributed by atoms with van der Waals surface area (Å²) in [5, 5.41) is 9.98. The molecule has 0 amide bonds. The zero-order valence-corrected chi connectivity index (χ0v) is 10.3. The molecule has 1 saturated carbocycles. The SMILES string of the molecule is COc1c(CC2(O)CC2)cccc1C(C)C. The minimum absolute atomic E-state index is 0.448. The molecule has 1 fully saturated rings. The molecule has 1 N–H and O–H groups in total. The van der Waals surface area contributed by atoms with Gasteiger partial charge in [-0.05, 0) is 29.9 Å². The van der Waals surface area contributed by atoms with Crippen LogP contribution in [0.25, 0.3) is 0 Å². The Labute approximate surface area is 97.3 Å². The van der Waals surface area contributed by atoms with Gasteiger partial charge in [-0.3, -0.25) is 0 Å². The molecule has 2 nitrogen and oxygen atoms in total. The summed E-state index contributed by atoms with van der Waals surface area (Å²) in [7, 11) is 1.71. The molecule has 88 valence electrons. The molecule has 2 rings (SSSR count). The van der Waals surface area contributed by atoms with Crippen molar-refractivity contribution in [1.82, 2.24) is 0 Å². The first kappa shape index (κ1) is 11.5. The zero-order chi connectivity index (χ0) is 11.8. The summed E-state index contributed by atoms with van der Waals surface area (Å²) in [6.45, 7) is 4.32. The van der Waals surface area contributed by atoms with E-state index in [0.29, 0.717) is 5.92 Å². The number of hydrogen-bond donors (Lipinski definition) is 1. The largest absolute Gasteiger partial charge is 0.496 e. The fourth-order valence-electron chi connectivity index (χ4n) is 2.12. The second-order valence-corrected chi connectivity index (χ2v) is 5.10. The molecule has 0 aliphatic heterocycles. The lowest BCUT2D eigenvalue weighted by atomic mass is 9.96. The second kappa shape index (κ2) is 4.10. The maximum Gasteiger partial charge on any atom is 0.125 e. The first-order valence-electron chi connectivity index (χ1n) is 5.94. The van der Waals surface area contributed by atoms with Crippen molar-refractivity contribution in [3.8, 4) is 5.75 Å². The van der Waals surface area contributed by atoms with Crippen molar-refractivity contribution in [3.05, 3.63) is 29.3 Å². The van der Waals surface area contributed by atoms with Crippen molar-refractivity contribution < 1.29 is 9.84 Å². The minimum atomic E-state index is -0.455. The van der Waals surface area contributed by atoms with Crippen LogP contribution in [0.4, 0.5) is 0 Å². The van der Waals surface area contributed by atoms with Crippen molar-refractivity contribution in [3.63, 3.8) is 0 Å². The van der Waals surface area contributed by atoms with Crippen LogP contribution < -0.4 is 4.74 Å². The fourth-order valence-corrected chi connectivity index (χ4v) is 2.12. The van der Waals surface area contributed by atoms with Gasteiger partial charge in [0.05, 0.1) is 12.7 Å². The normalized spacial score (nSPS) is 17.6.